The van der Waals surface area contributed by atoms with Crippen molar-refractivity contribution in [2.75, 3.05) is 17.3 Å². The van der Waals surface area contributed by atoms with Gasteiger partial charge in [-0.15, -0.1) is 5.10 Å². The quantitative estimate of drug-likeness (QED) is 0.795. The molecule has 2 unspecified atom stereocenters. The van der Waals surface area contributed by atoms with E-state index in [0.29, 0.717) is 11.7 Å². The van der Waals surface area contributed by atoms with Gasteiger partial charge in [0.25, 0.3) is 0 Å². The maximum atomic E-state index is 13.0. The lowest BCUT2D eigenvalue weighted by Gasteiger charge is -2.35. The molecule has 8 heteroatoms. The number of anilines is 1. The molecule has 0 bridgehead atoms. The van der Waals surface area contributed by atoms with Gasteiger partial charge in [-0.05, 0) is 44.2 Å². The van der Waals surface area contributed by atoms with Crippen LogP contribution >= 0.6 is 11.8 Å². The molecular formula is C19H24N4O3S. The third-order valence-corrected chi connectivity index (χ3v) is 6.21. The molecule has 0 saturated carbocycles. The number of H-pyrrole nitrogens is 1. The summed E-state index contributed by atoms with van der Waals surface area (Å²) in [5.74, 6) is 0.285. The van der Waals surface area contributed by atoms with Crippen LogP contribution in [0.1, 0.15) is 31.7 Å². The fraction of sp³-hybridized carbons (Fsp3) is 0.526. The molecule has 1 N–H and O–H groups in total. The number of carbonyl (C=O) groups is 1. The predicted molar refractivity (Wildman–Crippen MR) is 104 cm³/mol. The zero-order valence-electron chi connectivity index (χ0n) is 15.4. The zero-order valence-corrected chi connectivity index (χ0v) is 16.2. The Kier molecular flexibility index (Phi) is 5.36. The van der Waals surface area contributed by atoms with Crippen LogP contribution in [0.4, 0.5) is 5.69 Å². The highest BCUT2D eigenvalue weighted by Crippen LogP contribution is 2.31. The van der Waals surface area contributed by atoms with Crippen molar-refractivity contribution < 1.29 is 9.53 Å². The summed E-state index contributed by atoms with van der Waals surface area (Å²) < 4.78 is 7.21. The molecule has 1 saturated heterocycles. The number of fused-ring (bicyclic) bond motifs is 1. The maximum absolute atomic E-state index is 13.0. The van der Waals surface area contributed by atoms with Crippen molar-refractivity contribution in [2.45, 2.75) is 56.5 Å². The monoisotopic (exact) mass is 388 g/mol. The molecule has 2 aromatic rings. The second kappa shape index (κ2) is 7.90. The number of hydrogen-bond donors (Lipinski definition) is 1. The summed E-state index contributed by atoms with van der Waals surface area (Å²) >= 11 is 1.30. The van der Waals surface area contributed by atoms with Gasteiger partial charge in [0.05, 0.1) is 18.4 Å². The van der Waals surface area contributed by atoms with Crippen LogP contribution in [0.25, 0.3) is 0 Å². The van der Waals surface area contributed by atoms with E-state index in [0.717, 1.165) is 38.0 Å². The summed E-state index contributed by atoms with van der Waals surface area (Å²) in [5, 5.41) is 7.14. The number of amides is 1. The molecule has 27 heavy (non-hydrogen) atoms. The number of benzene rings is 1. The molecule has 1 fully saturated rings. The number of ether oxygens (including phenoxy) is 1. The number of rotatable bonds is 5. The summed E-state index contributed by atoms with van der Waals surface area (Å²) in [7, 11) is 0. The molecule has 1 aromatic heterocycles. The highest BCUT2D eigenvalue weighted by Gasteiger charge is 2.28. The van der Waals surface area contributed by atoms with Crippen LogP contribution in [-0.4, -0.2) is 45.2 Å². The van der Waals surface area contributed by atoms with Gasteiger partial charge in [-0.1, -0.05) is 30.0 Å². The number of nitrogens with one attached hydrogen (secondary N) is 1. The minimum absolute atomic E-state index is 0.0405. The third-order valence-electron chi connectivity index (χ3n) is 5.25. The normalized spacial score (nSPS) is 22.0. The van der Waals surface area contributed by atoms with Gasteiger partial charge in [-0.25, -0.2) is 9.89 Å². The molecule has 1 aromatic carbocycles. The van der Waals surface area contributed by atoms with E-state index in [1.165, 1.54) is 17.3 Å². The Hall–Kier alpha value is -2.06. The van der Waals surface area contributed by atoms with Crippen molar-refractivity contribution in [1.82, 2.24) is 14.8 Å². The molecular weight excluding hydrogens is 364 g/mol. The first kappa shape index (κ1) is 18.3. The van der Waals surface area contributed by atoms with Crippen molar-refractivity contribution in [3.63, 3.8) is 0 Å². The third kappa shape index (κ3) is 3.82. The van der Waals surface area contributed by atoms with Crippen LogP contribution in [0.5, 0.6) is 0 Å². The standard InChI is InChI=1S/C19H24N4O3S/c1-13-8-9-14-5-2-3-7-16(14)23(13)17(24)12-27-19-21-20-18(25)22(19)11-15-6-4-10-26-15/h2-3,5,7,13,15H,4,6,8-12H2,1H3,(H,20,25). The molecule has 0 radical (unpaired) electrons. The number of thioether (sulfide) groups is 1. The van der Waals surface area contributed by atoms with Crippen molar-refractivity contribution in [2.24, 2.45) is 0 Å². The average molecular weight is 388 g/mol. The van der Waals surface area contributed by atoms with Crippen molar-refractivity contribution >= 4 is 23.4 Å². The molecule has 144 valence electrons. The van der Waals surface area contributed by atoms with E-state index in [1.54, 1.807) is 4.57 Å². The van der Waals surface area contributed by atoms with Gasteiger partial charge in [0.15, 0.2) is 5.16 Å². The number of nitrogens with zero attached hydrogens (tertiary/aromatic N) is 3. The molecule has 2 atom stereocenters. The van der Waals surface area contributed by atoms with E-state index in [-0.39, 0.29) is 29.5 Å². The van der Waals surface area contributed by atoms with E-state index < -0.39 is 0 Å². The van der Waals surface area contributed by atoms with Crippen molar-refractivity contribution in [3.05, 3.63) is 40.3 Å². The summed E-state index contributed by atoms with van der Waals surface area (Å²) in [6, 6.07) is 8.25. The lowest BCUT2D eigenvalue weighted by atomic mass is 9.97. The lowest BCUT2D eigenvalue weighted by molar-refractivity contribution is -0.116. The molecule has 3 heterocycles. The van der Waals surface area contributed by atoms with Crippen molar-refractivity contribution in [1.29, 1.82) is 0 Å². The molecule has 4 rings (SSSR count). The van der Waals surface area contributed by atoms with Gasteiger partial charge in [-0.2, -0.15) is 0 Å². The first-order valence-corrected chi connectivity index (χ1v) is 10.4. The van der Waals surface area contributed by atoms with Gasteiger partial charge in [0, 0.05) is 18.3 Å². The molecule has 2 aliphatic rings. The topological polar surface area (TPSA) is 80.2 Å². The van der Waals surface area contributed by atoms with Gasteiger partial charge < -0.3 is 9.64 Å². The molecule has 1 amide bonds. The van der Waals surface area contributed by atoms with Gasteiger partial charge in [0.2, 0.25) is 5.91 Å². The summed E-state index contributed by atoms with van der Waals surface area (Å²) in [4.78, 5) is 26.9. The minimum atomic E-state index is -0.253. The van der Waals surface area contributed by atoms with Crippen LogP contribution in [0.2, 0.25) is 0 Å². The van der Waals surface area contributed by atoms with Crippen LogP contribution < -0.4 is 10.6 Å². The second-order valence-corrected chi connectivity index (χ2v) is 8.07. The molecule has 2 aliphatic heterocycles. The molecule has 7 nitrogen and oxygen atoms in total. The van der Waals surface area contributed by atoms with Gasteiger partial charge in [-0.3, -0.25) is 9.36 Å². The van der Waals surface area contributed by atoms with E-state index in [9.17, 15) is 9.59 Å². The Labute approximate surface area is 162 Å². The number of aromatic amines is 1. The number of aryl methyl sites for hydroxylation is 1. The number of carbonyl (C=O) groups excluding carboxylic acids is 1. The van der Waals surface area contributed by atoms with Crippen LogP contribution in [-0.2, 0) is 22.5 Å². The second-order valence-electron chi connectivity index (χ2n) is 7.13. The molecule has 0 aliphatic carbocycles. The minimum Gasteiger partial charge on any atom is -0.376 e. The first-order chi connectivity index (χ1) is 13.1. The van der Waals surface area contributed by atoms with E-state index >= 15 is 0 Å². The zero-order chi connectivity index (χ0) is 18.8. The summed E-state index contributed by atoms with van der Waals surface area (Å²) in [5.41, 5.74) is 1.96. The van der Waals surface area contributed by atoms with Crippen LogP contribution in [0.3, 0.4) is 0 Å². The first-order valence-electron chi connectivity index (χ1n) is 9.43. The van der Waals surface area contributed by atoms with E-state index in [4.69, 9.17) is 4.74 Å². The Morgan fingerprint density at radius 2 is 2.22 bits per heavy atom. The fourth-order valence-corrected chi connectivity index (χ4v) is 4.65. The summed E-state index contributed by atoms with van der Waals surface area (Å²) in [6.45, 7) is 3.31. The average Bonchev–Trinajstić information content (AvgIpc) is 3.31. The van der Waals surface area contributed by atoms with Gasteiger partial charge >= 0.3 is 5.69 Å². The molecule has 0 spiro atoms. The van der Waals surface area contributed by atoms with E-state index in [2.05, 4.69) is 23.2 Å². The highest BCUT2D eigenvalue weighted by atomic mass is 32.2. The number of para-hydroxylation sites is 1. The fourth-order valence-electron chi connectivity index (χ4n) is 3.83. The highest BCUT2D eigenvalue weighted by molar-refractivity contribution is 7.99. The van der Waals surface area contributed by atoms with Crippen LogP contribution in [0, 0.1) is 0 Å². The Balaban J connectivity index is 1.46. The van der Waals surface area contributed by atoms with Crippen molar-refractivity contribution in [3.8, 4) is 0 Å². The van der Waals surface area contributed by atoms with Gasteiger partial charge in [0.1, 0.15) is 0 Å². The Morgan fingerprint density at radius 3 is 3.04 bits per heavy atom. The largest absolute Gasteiger partial charge is 0.376 e. The summed E-state index contributed by atoms with van der Waals surface area (Å²) in [6.07, 6.45) is 3.96. The predicted octanol–water partition coefficient (Wildman–Crippen LogP) is 2.21. The lowest BCUT2D eigenvalue weighted by Crippen LogP contribution is -2.43. The van der Waals surface area contributed by atoms with Crippen LogP contribution in [0.15, 0.2) is 34.2 Å². The number of aromatic nitrogens is 3. The maximum Gasteiger partial charge on any atom is 0.344 e. The van der Waals surface area contributed by atoms with E-state index in [1.807, 2.05) is 23.1 Å². The number of hydrogen-bond acceptors (Lipinski definition) is 5. The SMILES string of the molecule is CC1CCc2ccccc2N1C(=O)CSc1n[nH]c(=O)n1CC1CCCO1. The Bertz CT molecular complexity index is 872. The smallest absolute Gasteiger partial charge is 0.344 e. The Morgan fingerprint density at radius 1 is 1.37 bits per heavy atom.